The van der Waals surface area contributed by atoms with E-state index in [1.807, 2.05) is 33.0 Å². The van der Waals surface area contributed by atoms with E-state index in [2.05, 4.69) is 35.6 Å². The molecular weight excluding hydrogens is 535 g/mol. The van der Waals surface area contributed by atoms with Crippen molar-refractivity contribution in [1.82, 2.24) is 34.9 Å². The molecule has 0 radical (unpaired) electrons. The van der Waals surface area contributed by atoms with Crippen molar-refractivity contribution >= 4 is 46.5 Å². The van der Waals surface area contributed by atoms with Crippen molar-refractivity contribution in [2.75, 3.05) is 12.4 Å². The fraction of sp³-hybridized carbons (Fsp3) is 0.174. The van der Waals surface area contributed by atoms with Crippen molar-refractivity contribution in [2.24, 2.45) is 7.05 Å². The zero-order chi connectivity index (χ0) is 24.7. The third-order valence-electron chi connectivity index (χ3n) is 5.36. The number of carbonyl (C=O) groups excluding carboxylic acids is 1. The number of carbonyl (C=O) groups is 1. The number of amides is 1. The van der Waals surface area contributed by atoms with Gasteiger partial charge in [-0.15, -0.1) is 0 Å². The van der Waals surface area contributed by atoms with Crippen LogP contribution < -0.4 is 10.1 Å². The molecule has 0 atom stereocenters. The van der Waals surface area contributed by atoms with Gasteiger partial charge in [-0.25, -0.2) is 0 Å². The molecule has 35 heavy (non-hydrogen) atoms. The molecule has 5 heterocycles. The number of fused-ring (bicyclic) bond motifs is 1. The van der Waals surface area contributed by atoms with Crippen molar-refractivity contribution in [2.45, 2.75) is 13.8 Å². The summed E-state index contributed by atoms with van der Waals surface area (Å²) in [6, 6.07) is 5.47. The van der Waals surface area contributed by atoms with E-state index in [0.717, 1.165) is 32.6 Å². The Morgan fingerprint density at radius 2 is 1.91 bits per heavy atom. The van der Waals surface area contributed by atoms with E-state index in [9.17, 15) is 4.79 Å². The van der Waals surface area contributed by atoms with Gasteiger partial charge in [-0.05, 0) is 0 Å². The molecule has 0 spiro atoms. The predicted octanol–water partition coefficient (Wildman–Crippen LogP) is 3.47. The van der Waals surface area contributed by atoms with Crippen molar-refractivity contribution in [3.8, 4) is 28.3 Å². The Labute approximate surface area is 211 Å². The summed E-state index contributed by atoms with van der Waals surface area (Å²) in [4.78, 5) is 30.8. The number of aryl methyl sites for hydroxylation is 3. The summed E-state index contributed by atoms with van der Waals surface area (Å²) in [6.07, 6.45) is 4.78. The molecule has 0 aliphatic carbocycles. The summed E-state index contributed by atoms with van der Waals surface area (Å²) >= 11 is 5.93. The van der Waals surface area contributed by atoms with Crippen LogP contribution >= 0.6 is 11.6 Å². The molecule has 0 fully saturated rings. The van der Waals surface area contributed by atoms with Crippen molar-refractivity contribution in [1.29, 1.82) is 0 Å². The molecule has 5 aromatic rings. The first-order valence-electron chi connectivity index (χ1n) is 10.4. The molecule has 0 bridgehead atoms. The van der Waals surface area contributed by atoms with Crippen molar-refractivity contribution < 1.29 is 9.53 Å². The minimum atomic E-state index is -0.323. The number of ether oxygens (including phenoxy) is 1. The molecular formula is C23H19ClN8O2Se. The zero-order valence-corrected chi connectivity index (χ0v) is 21.7. The van der Waals surface area contributed by atoms with Crippen molar-refractivity contribution in [3.63, 3.8) is 0 Å². The summed E-state index contributed by atoms with van der Waals surface area (Å²) in [5, 5.41) is 11.4. The van der Waals surface area contributed by atoms with Crippen LogP contribution in [0.2, 0.25) is 5.15 Å². The molecule has 10 nitrogen and oxygen atoms in total. The standard InChI is InChI=1S/C23H19ClN8O2Se/c1-11-5-13(14-6-20(24)27-10-18(14)34-4)15(8-25-11)22(33)29-23-28-17-9-26-16(7-19(17)35-23)21-12(2)30-31-32(21)3/h5-10H,1-4H3,(H,28,29,33). The number of anilines is 1. The summed E-state index contributed by atoms with van der Waals surface area (Å²) in [5.74, 6) is 0.179. The molecule has 5 aromatic heterocycles. The van der Waals surface area contributed by atoms with Crippen LogP contribution in [0.25, 0.3) is 32.3 Å². The van der Waals surface area contributed by atoms with Gasteiger partial charge in [0.15, 0.2) is 0 Å². The van der Waals surface area contributed by atoms with Gasteiger partial charge in [0.25, 0.3) is 0 Å². The molecule has 0 aliphatic heterocycles. The summed E-state index contributed by atoms with van der Waals surface area (Å²) in [6.45, 7) is 3.74. The van der Waals surface area contributed by atoms with Crippen LogP contribution in [0.5, 0.6) is 5.75 Å². The van der Waals surface area contributed by atoms with E-state index in [-0.39, 0.29) is 20.4 Å². The normalized spacial score (nSPS) is 11.1. The molecule has 0 unspecified atom stereocenters. The van der Waals surface area contributed by atoms with Crippen LogP contribution in [0.15, 0.2) is 36.8 Å². The molecule has 176 valence electrons. The van der Waals surface area contributed by atoms with Crippen LogP contribution in [0.3, 0.4) is 0 Å². The second-order valence-corrected chi connectivity index (χ2v) is 10.3. The first-order valence-corrected chi connectivity index (χ1v) is 12.5. The van der Waals surface area contributed by atoms with Crippen LogP contribution in [0, 0.1) is 13.8 Å². The molecule has 1 amide bonds. The SMILES string of the molecule is COc1cnc(Cl)cc1-c1cc(C)ncc1C(=O)Nc1nc2cnc(-c3c(C)nnn3C)cc2[se]1. The second kappa shape index (κ2) is 9.18. The van der Waals surface area contributed by atoms with Crippen LogP contribution in [0.1, 0.15) is 21.7 Å². The number of aromatic nitrogens is 7. The Kier molecular flexibility index (Phi) is 6.06. The fourth-order valence-electron chi connectivity index (χ4n) is 3.74. The Morgan fingerprint density at radius 1 is 1.09 bits per heavy atom. The molecule has 1 N–H and O–H groups in total. The van der Waals surface area contributed by atoms with E-state index in [1.165, 1.54) is 6.20 Å². The molecule has 5 rings (SSSR count). The first kappa shape index (κ1) is 23.1. The van der Waals surface area contributed by atoms with Gasteiger partial charge in [0.05, 0.1) is 0 Å². The van der Waals surface area contributed by atoms with E-state index in [1.54, 1.807) is 30.3 Å². The van der Waals surface area contributed by atoms with E-state index < -0.39 is 0 Å². The topological polar surface area (TPSA) is 121 Å². The Morgan fingerprint density at radius 3 is 2.66 bits per heavy atom. The van der Waals surface area contributed by atoms with Gasteiger partial charge in [-0.3, -0.25) is 0 Å². The number of nitrogens with zero attached hydrogens (tertiary/aromatic N) is 7. The van der Waals surface area contributed by atoms with Gasteiger partial charge in [0.1, 0.15) is 0 Å². The number of methoxy groups -OCH3 is 1. The van der Waals surface area contributed by atoms with Gasteiger partial charge >= 0.3 is 211 Å². The maximum absolute atomic E-state index is 13.3. The molecule has 0 saturated heterocycles. The van der Waals surface area contributed by atoms with Crippen molar-refractivity contribution in [3.05, 3.63) is 58.9 Å². The van der Waals surface area contributed by atoms with Crippen LogP contribution in [0.4, 0.5) is 4.69 Å². The van der Waals surface area contributed by atoms with Gasteiger partial charge in [0, 0.05) is 0 Å². The fourth-order valence-corrected chi connectivity index (χ4v) is 5.73. The quantitative estimate of drug-likeness (QED) is 0.259. The minimum absolute atomic E-state index is 0.210. The van der Waals surface area contributed by atoms with Gasteiger partial charge in [0.2, 0.25) is 0 Å². The molecule has 0 aliphatic rings. The van der Waals surface area contributed by atoms with Gasteiger partial charge in [-0.1, -0.05) is 0 Å². The summed E-state index contributed by atoms with van der Waals surface area (Å²) in [5.41, 5.74) is 5.57. The predicted molar refractivity (Wildman–Crippen MR) is 133 cm³/mol. The maximum atomic E-state index is 13.3. The molecule has 12 heteroatoms. The third kappa shape index (κ3) is 4.41. The number of nitrogens with one attached hydrogen (secondary N) is 1. The van der Waals surface area contributed by atoms with E-state index in [0.29, 0.717) is 32.3 Å². The first-order chi connectivity index (χ1) is 16.8. The number of halogens is 1. The van der Waals surface area contributed by atoms with Gasteiger partial charge in [-0.2, -0.15) is 0 Å². The molecule has 0 aromatic carbocycles. The number of rotatable bonds is 5. The van der Waals surface area contributed by atoms with E-state index in [4.69, 9.17) is 16.3 Å². The summed E-state index contributed by atoms with van der Waals surface area (Å²) < 4.78 is 8.75. The average Bonchev–Trinajstić information content (AvgIpc) is 3.39. The number of hydrogen-bond acceptors (Lipinski definition) is 8. The van der Waals surface area contributed by atoms with Crippen LogP contribution in [-0.4, -0.2) is 62.5 Å². The van der Waals surface area contributed by atoms with Gasteiger partial charge < -0.3 is 0 Å². The zero-order valence-electron chi connectivity index (χ0n) is 19.2. The number of pyridine rings is 3. The average molecular weight is 554 g/mol. The monoisotopic (exact) mass is 554 g/mol. The van der Waals surface area contributed by atoms with Crippen LogP contribution in [-0.2, 0) is 7.05 Å². The Hall–Kier alpha value is -3.66. The van der Waals surface area contributed by atoms with E-state index >= 15 is 0 Å². The Balaban J connectivity index is 1.50. The molecule has 0 saturated carbocycles. The second-order valence-electron chi connectivity index (χ2n) is 7.74. The third-order valence-corrected chi connectivity index (χ3v) is 7.53. The number of hydrogen-bond donors (Lipinski definition) is 1. The Bertz CT molecular complexity index is 1580. The summed E-state index contributed by atoms with van der Waals surface area (Å²) in [7, 11) is 3.37.